The van der Waals surface area contributed by atoms with Gasteiger partial charge in [0, 0.05) is 17.0 Å². The molecule has 0 atom stereocenters. The molecule has 2 heteroatoms. The van der Waals surface area contributed by atoms with Crippen molar-refractivity contribution in [2.24, 2.45) is 17.3 Å². The summed E-state index contributed by atoms with van der Waals surface area (Å²) in [5.41, 5.74) is 8.00. The van der Waals surface area contributed by atoms with E-state index >= 15 is 0 Å². The topological polar surface area (TPSA) is 33.1 Å². The maximum absolute atomic E-state index is 10.4. The van der Waals surface area contributed by atoms with E-state index in [4.69, 9.17) is 4.98 Å². The number of rotatable bonds is 7. The third-order valence-electron chi connectivity index (χ3n) is 4.78. The van der Waals surface area contributed by atoms with Gasteiger partial charge in [0.05, 0.1) is 6.61 Å². The van der Waals surface area contributed by atoms with Crippen LogP contribution in [-0.2, 0) is 19.4 Å². The lowest BCUT2D eigenvalue weighted by atomic mass is 9.80. The van der Waals surface area contributed by atoms with Crippen molar-refractivity contribution in [1.82, 2.24) is 4.98 Å². The zero-order valence-electron chi connectivity index (χ0n) is 19.1. The van der Waals surface area contributed by atoms with E-state index in [-0.39, 0.29) is 12.0 Å². The Kier molecular flexibility index (Phi) is 7.45. The summed E-state index contributed by atoms with van der Waals surface area (Å²) < 4.78 is 0. The van der Waals surface area contributed by atoms with Crippen molar-refractivity contribution < 1.29 is 5.11 Å². The van der Waals surface area contributed by atoms with Gasteiger partial charge in [-0.25, -0.2) is 0 Å². The Morgan fingerprint density at radius 3 is 1.93 bits per heavy atom. The van der Waals surface area contributed by atoms with Gasteiger partial charge in [-0.3, -0.25) is 4.98 Å². The van der Waals surface area contributed by atoms with Crippen molar-refractivity contribution in [3.63, 3.8) is 0 Å². The highest BCUT2D eigenvalue weighted by Gasteiger charge is 2.25. The lowest BCUT2D eigenvalue weighted by Crippen LogP contribution is -2.17. The summed E-state index contributed by atoms with van der Waals surface area (Å²) in [5, 5.41) is 10.4. The highest BCUT2D eigenvalue weighted by atomic mass is 16.3. The van der Waals surface area contributed by atoms with E-state index in [0.29, 0.717) is 11.8 Å². The number of benzene rings is 1. The monoisotopic (exact) mass is 380 g/mol. The van der Waals surface area contributed by atoms with E-state index in [1.54, 1.807) is 0 Å². The van der Waals surface area contributed by atoms with Crippen molar-refractivity contribution in [3.05, 3.63) is 58.8 Å². The van der Waals surface area contributed by atoms with Gasteiger partial charge in [-0.05, 0) is 60.1 Å². The first-order valence-electron chi connectivity index (χ1n) is 10.6. The molecule has 2 rings (SSSR count). The minimum absolute atomic E-state index is 0.0191. The van der Waals surface area contributed by atoms with Crippen molar-refractivity contribution in [2.75, 3.05) is 0 Å². The predicted molar refractivity (Wildman–Crippen MR) is 120 cm³/mol. The lowest BCUT2D eigenvalue weighted by Gasteiger charge is -2.27. The van der Waals surface area contributed by atoms with Gasteiger partial charge in [0.1, 0.15) is 0 Å². The van der Waals surface area contributed by atoms with Gasteiger partial charge in [0.15, 0.2) is 0 Å². The Hall–Kier alpha value is -1.67. The third-order valence-corrected chi connectivity index (χ3v) is 4.78. The maximum atomic E-state index is 10.4. The fraction of sp³-hybridized carbons (Fsp3) is 0.538. The molecule has 0 saturated carbocycles. The van der Waals surface area contributed by atoms with E-state index in [2.05, 4.69) is 86.1 Å². The molecule has 0 aliphatic carbocycles. The van der Waals surface area contributed by atoms with E-state index in [1.807, 2.05) is 0 Å². The highest BCUT2D eigenvalue weighted by molar-refractivity contribution is 5.74. The molecule has 28 heavy (non-hydrogen) atoms. The zero-order chi connectivity index (χ0) is 21.1. The molecule has 153 valence electrons. The van der Waals surface area contributed by atoms with Gasteiger partial charge in [-0.15, -0.1) is 0 Å². The summed E-state index contributed by atoms with van der Waals surface area (Å²) in [5.74, 6) is 1.02. The Morgan fingerprint density at radius 1 is 0.929 bits per heavy atom. The van der Waals surface area contributed by atoms with Crippen LogP contribution in [0.5, 0.6) is 0 Å². The fourth-order valence-corrected chi connectivity index (χ4v) is 3.65. The summed E-state index contributed by atoms with van der Waals surface area (Å²) >= 11 is 0. The number of aliphatic hydroxyl groups is 1. The fourth-order valence-electron chi connectivity index (χ4n) is 3.65. The van der Waals surface area contributed by atoms with Gasteiger partial charge in [-0.2, -0.15) is 0 Å². The molecule has 0 amide bonds. The largest absolute Gasteiger partial charge is 0.392 e. The van der Waals surface area contributed by atoms with Crippen LogP contribution < -0.4 is 0 Å². The molecular weight excluding hydrogens is 342 g/mol. The van der Waals surface area contributed by atoms with Crippen LogP contribution in [0.1, 0.15) is 76.5 Å². The summed E-state index contributed by atoms with van der Waals surface area (Å²) in [6.45, 7) is 17.7. The van der Waals surface area contributed by atoms with E-state index in [9.17, 15) is 5.11 Å². The molecule has 1 aromatic carbocycles. The van der Waals surface area contributed by atoms with Crippen LogP contribution in [-0.4, -0.2) is 10.1 Å². The summed E-state index contributed by atoms with van der Waals surface area (Å²) in [4.78, 5) is 5.12. The molecular formula is C26H38NO. The molecule has 0 bridgehead atoms. The summed E-state index contributed by atoms with van der Waals surface area (Å²) in [7, 11) is 0. The predicted octanol–water partition coefficient (Wildman–Crippen LogP) is 6.54. The number of aryl methyl sites for hydroxylation is 1. The summed E-state index contributed by atoms with van der Waals surface area (Å²) in [6, 6.07) is 8.67. The molecule has 1 radical (unpaired) electrons. The first-order valence-corrected chi connectivity index (χ1v) is 10.6. The van der Waals surface area contributed by atoms with Crippen LogP contribution in [0.25, 0.3) is 11.1 Å². The standard InChI is InChI=1S/C26H38NO/c1-17(2)13-23-21(15-26(6,7)8)25(20-11-9-19(5)10-12-20)22(16-28)24(27-23)14-18(3)4/h9-12,15,17-18,28H,13-14,16H2,1-8H3. The van der Waals surface area contributed by atoms with Crippen LogP contribution in [0.3, 0.4) is 0 Å². The van der Waals surface area contributed by atoms with Crippen molar-refractivity contribution in [1.29, 1.82) is 0 Å². The smallest absolute Gasteiger partial charge is 0.0705 e. The van der Waals surface area contributed by atoms with E-state index < -0.39 is 0 Å². The van der Waals surface area contributed by atoms with Crippen molar-refractivity contribution in [3.8, 4) is 11.1 Å². The Bertz CT molecular complexity index is 780. The van der Waals surface area contributed by atoms with E-state index in [1.165, 1.54) is 22.3 Å². The number of hydrogen-bond acceptors (Lipinski definition) is 2. The molecule has 2 nitrogen and oxygen atoms in total. The third kappa shape index (κ3) is 5.91. The highest BCUT2D eigenvalue weighted by Crippen LogP contribution is 2.38. The Morgan fingerprint density at radius 2 is 1.46 bits per heavy atom. The van der Waals surface area contributed by atoms with Crippen molar-refractivity contribution in [2.45, 2.75) is 74.8 Å². The van der Waals surface area contributed by atoms with Crippen LogP contribution in [0.4, 0.5) is 0 Å². The first-order chi connectivity index (χ1) is 13.0. The first kappa shape index (κ1) is 22.6. The normalized spacial score (nSPS) is 12.2. The van der Waals surface area contributed by atoms with Gasteiger partial charge < -0.3 is 5.11 Å². The van der Waals surface area contributed by atoms with Gasteiger partial charge >= 0.3 is 0 Å². The van der Waals surface area contributed by atoms with Crippen molar-refractivity contribution >= 4 is 0 Å². The summed E-state index contributed by atoms with van der Waals surface area (Å²) in [6.07, 6.45) is 4.17. The van der Waals surface area contributed by atoms with Gasteiger partial charge in [0.25, 0.3) is 0 Å². The zero-order valence-corrected chi connectivity index (χ0v) is 19.1. The molecule has 0 fully saturated rings. The maximum Gasteiger partial charge on any atom is 0.0705 e. The second kappa shape index (κ2) is 9.22. The number of aromatic nitrogens is 1. The molecule has 0 saturated heterocycles. The number of pyridine rings is 1. The molecule has 1 heterocycles. The molecule has 2 aromatic rings. The van der Waals surface area contributed by atoms with E-state index in [0.717, 1.165) is 29.8 Å². The number of nitrogens with zero attached hydrogens (tertiary/aromatic N) is 1. The number of aliphatic hydroxyl groups excluding tert-OH is 1. The number of hydrogen-bond donors (Lipinski definition) is 1. The van der Waals surface area contributed by atoms with Crippen LogP contribution in [0, 0.1) is 30.6 Å². The minimum Gasteiger partial charge on any atom is -0.392 e. The molecule has 1 N–H and O–H groups in total. The Labute approximate surface area is 172 Å². The average Bonchev–Trinajstić information content (AvgIpc) is 2.55. The van der Waals surface area contributed by atoms with Crippen LogP contribution in [0.2, 0.25) is 0 Å². The quantitative estimate of drug-likeness (QED) is 0.591. The minimum atomic E-state index is 0.0191. The van der Waals surface area contributed by atoms with Crippen LogP contribution in [0.15, 0.2) is 24.3 Å². The second-order valence-corrected chi connectivity index (χ2v) is 10.0. The molecule has 0 unspecified atom stereocenters. The van der Waals surface area contributed by atoms with Gasteiger partial charge in [-0.1, -0.05) is 78.3 Å². The molecule has 1 aromatic heterocycles. The second-order valence-electron chi connectivity index (χ2n) is 10.0. The SMILES string of the molecule is Cc1ccc(-c2c([CH]C(C)(C)C)c(CC(C)C)nc(CC(C)C)c2CO)cc1. The molecule has 0 aliphatic rings. The molecule has 0 aliphatic heterocycles. The lowest BCUT2D eigenvalue weighted by molar-refractivity contribution is 0.280. The average molecular weight is 381 g/mol. The molecule has 0 spiro atoms. The Balaban J connectivity index is 2.85. The van der Waals surface area contributed by atoms with Gasteiger partial charge in [0.2, 0.25) is 0 Å². The van der Waals surface area contributed by atoms with Crippen LogP contribution >= 0.6 is 0 Å².